The van der Waals surface area contributed by atoms with Crippen LogP contribution in [0.25, 0.3) is 17.2 Å². The van der Waals surface area contributed by atoms with E-state index in [-0.39, 0.29) is 6.54 Å². The number of ketones is 1. The number of hydrogen-bond acceptors (Lipinski definition) is 4. The first kappa shape index (κ1) is 17.6. The van der Waals surface area contributed by atoms with Crippen LogP contribution >= 0.6 is 0 Å². The number of rotatable bonds is 7. The van der Waals surface area contributed by atoms with Gasteiger partial charge in [-0.1, -0.05) is 54.6 Å². The van der Waals surface area contributed by atoms with Crippen LogP contribution in [-0.2, 0) is 9.59 Å². The average Bonchev–Trinajstić information content (AvgIpc) is 2.65. The predicted molar refractivity (Wildman–Crippen MR) is 94.0 cm³/mol. The van der Waals surface area contributed by atoms with Crippen LogP contribution in [0.4, 0.5) is 0 Å². The van der Waals surface area contributed by atoms with Crippen LogP contribution in [0, 0.1) is 0 Å². The molecule has 0 saturated heterocycles. The zero-order chi connectivity index (χ0) is 17.4. The number of nitrogens with two attached hydrogens (primary N) is 1. The standard InChI is InChI=1S/C19H20N2O3/c20-12-17(18(23)13-22)21-19(24)11-8-14-6-9-16(10-7-14)15-4-2-1-3-5-15/h1-11,17,22H,12-13,20H2,(H,21,24)/b11-8+/t17-/m0/s1. The molecule has 24 heavy (non-hydrogen) atoms. The normalized spacial score (nSPS) is 12.1. The van der Waals surface area contributed by atoms with Crippen LogP contribution in [0.1, 0.15) is 5.56 Å². The number of hydrogen-bond donors (Lipinski definition) is 3. The molecule has 0 saturated carbocycles. The van der Waals surface area contributed by atoms with Gasteiger partial charge >= 0.3 is 0 Å². The quantitative estimate of drug-likeness (QED) is 0.671. The fraction of sp³-hybridized carbons (Fsp3) is 0.158. The lowest BCUT2D eigenvalue weighted by Gasteiger charge is -2.12. The molecule has 4 N–H and O–H groups in total. The zero-order valence-corrected chi connectivity index (χ0v) is 13.2. The van der Waals surface area contributed by atoms with Crippen LogP contribution in [-0.4, -0.2) is 36.0 Å². The fourth-order valence-electron chi connectivity index (χ4n) is 2.19. The third kappa shape index (κ3) is 4.87. The highest BCUT2D eigenvalue weighted by atomic mass is 16.3. The largest absolute Gasteiger partial charge is 0.388 e. The van der Waals surface area contributed by atoms with Crippen molar-refractivity contribution in [3.8, 4) is 11.1 Å². The van der Waals surface area contributed by atoms with Crippen LogP contribution in [0.3, 0.4) is 0 Å². The van der Waals surface area contributed by atoms with Crippen molar-refractivity contribution in [3.63, 3.8) is 0 Å². The summed E-state index contributed by atoms with van der Waals surface area (Å²) in [7, 11) is 0. The molecule has 0 heterocycles. The van der Waals surface area contributed by atoms with Crippen molar-refractivity contribution >= 4 is 17.8 Å². The first-order valence-electron chi connectivity index (χ1n) is 7.61. The Balaban J connectivity index is 1.99. The molecule has 0 radical (unpaired) electrons. The number of amides is 1. The van der Waals surface area contributed by atoms with Gasteiger partial charge in [0.05, 0.1) is 0 Å². The number of carbonyl (C=O) groups is 2. The highest BCUT2D eigenvalue weighted by molar-refractivity contribution is 5.96. The molecule has 5 heteroatoms. The van der Waals surface area contributed by atoms with Gasteiger partial charge in [0.25, 0.3) is 0 Å². The first-order chi connectivity index (χ1) is 11.6. The Kier molecular flexibility index (Phi) is 6.42. The van der Waals surface area contributed by atoms with E-state index in [9.17, 15) is 9.59 Å². The Labute approximate surface area is 140 Å². The topological polar surface area (TPSA) is 92.4 Å². The lowest BCUT2D eigenvalue weighted by Crippen LogP contribution is -2.46. The van der Waals surface area contributed by atoms with Gasteiger partial charge < -0.3 is 16.2 Å². The lowest BCUT2D eigenvalue weighted by molar-refractivity contribution is -0.127. The maximum atomic E-state index is 11.8. The molecule has 2 aromatic carbocycles. The van der Waals surface area contributed by atoms with Gasteiger partial charge in [0.1, 0.15) is 12.6 Å². The van der Waals surface area contributed by atoms with E-state index in [0.717, 1.165) is 16.7 Å². The Morgan fingerprint density at radius 2 is 1.67 bits per heavy atom. The Hall–Kier alpha value is -2.76. The van der Waals surface area contributed by atoms with Crippen LogP contribution in [0.5, 0.6) is 0 Å². The van der Waals surface area contributed by atoms with Gasteiger partial charge in [-0.25, -0.2) is 0 Å². The molecule has 0 aromatic heterocycles. The predicted octanol–water partition coefficient (Wildman–Crippen LogP) is 1.37. The molecule has 0 aliphatic heterocycles. The molecule has 124 valence electrons. The summed E-state index contributed by atoms with van der Waals surface area (Å²) in [4.78, 5) is 23.2. The highest BCUT2D eigenvalue weighted by Gasteiger charge is 2.16. The van der Waals surface area contributed by atoms with E-state index in [2.05, 4.69) is 5.32 Å². The number of aliphatic hydroxyl groups excluding tert-OH is 1. The first-order valence-corrected chi connectivity index (χ1v) is 7.61. The van der Waals surface area contributed by atoms with E-state index in [4.69, 9.17) is 10.8 Å². The minimum atomic E-state index is -0.868. The van der Waals surface area contributed by atoms with Crippen molar-refractivity contribution in [2.45, 2.75) is 6.04 Å². The van der Waals surface area contributed by atoms with Gasteiger partial charge in [0, 0.05) is 12.6 Å². The zero-order valence-electron chi connectivity index (χ0n) is 13.2. The van der Waals surface area contributed by atoms with Crippen LogP contribution < -0.4 is 11.1 Å². The number of benzene rings is 2. The Bertz CT molecular complexity index is 709. The van der Waals surface area contributed by atoms with Crippen molar-refractivity contribution in [1.29, 1.82) is 0 Å². The molecule has 0 fully saturated rings. The van der Waals surface area contributed by atoms with Crippen molar-refractivity contribution in [2.75, 3.05) is 13.2 Å². The van der Waals surface area contributed by atoms with E-state index in [0.29, 0.717) is 0 Å². The van der Waals surface area contributed by atoms with Gasteiger partial charge in [0.2, 0.25) is 5.91 Å². The summed E-state index contributed by atoms with van der Waals surface area (Å²) in [5.41, 5.74) is 8.49. The summed E-state index contributed by atoms with van der Waals surface area (Å²) in [5.74, 6) is -0.939. The van der Waals surface area contributed by atoms with E-state index >= 15 is 0 Å². The second-order valence-corrected chi connectivity index (χ2v) is 5.24. The number of nitrogens with one attached hydrogen (secondary N) is 1. The van der Waals surface area contributed by atoms with Crippen LogP contribution in [0.15, 0.2) is 60.7 Å². The van der Waals surface area contributed by atoms with E-state index in [1.165, 1.54) is 6.08 Å². The summed E-state index contributed by atoms with van der Waals surface area (Å²) >= 11 is 0. The molecule has 0 unspecified atom stereocenters. The summed E-state index contributed by atoms with van der Waals surface area (Å²) in [5, 5.41) is 11.3. The number of carbonyl (C=O) groups excluding carboxylic acids is 2. The van der Waals surface area contributed by atoms with Crippen molar-refractivity contribution in [1.82, 2.24) is 5.32 Å². The second-order valence-electron chi connectivity index (χ2n) is 5.24. The van der Waals surface area contributed by atoms with Crippen LogP contribution in [0.2, 0.25) is 0 Å². The Morgan fingerprint density at radius 1 is 1.04 bits per heavy atom. The van der Waals surface area contributed by atoms with E-state index in [1.807, 2.05) is 54.6 Å². The molecule has 0 aliphatic carbocycles. The summed E-state index contributed by atoms with van der Waals surface area (Å²) in [6.45, 7) is -0.697. The average molecular weight is 324 g/mol. The number of aliphatic hydroxyl groups is 1. The maximum absolute atomic E-state index is 11.8. The third-order valence-corrected chi connectivity index (χ3v) is 3.54. The molecule has 0 spiro atoms. The molecular weight excluding hydrogens is 304 g/mol. The van der Waals surface area contributed by atoms with Gasteiger partial charge in [-0.2, -0.15) is 0 Å². The van der Waals surface area contributed by atoms with Gasteiger partial charge in [0.15, 0.2) is 5.78 Å². The van der Waals surface area contributed by atoms with Crippen molar-refractivity contribution in [3.05, 3.63) is 66.2 Å². The van der Waals surface area contributed by atoms with Gasteiger partial charge in [-0.15, -0.1) is 0 Å². The molecule has 1 atom stereocenters. The highest BCUT2D eigenvalue weighted by Crippen LogP contribution is 2.19. The third-order valence-electron chi connectivity index (χ3n) is 3.54. The lowest BCUT2D eigenvalue weighted by atomic mass is 10.0. The summed E-state index contributed by atoms with van der Waals surface area (Å²) < 4.78 is 0. The SMILES string of the molecule is NC[C@H](NC(=O)/C=C/c1ccc(-c2ccccc2)cc1)C(=O)CO. The number of Topliss-reactive ketones (excluding diaryl/α,β-unsaturated/α-hetero) is 1. The summed E-state index contributed by atoms with van der Waals surface area (Å²) in [6, 6.07) is 16.9. The van der Waals surface area contributed by atoms with Gasteiger partial charge in [-0.05, 0) is 22.8 Å². The molecule has 2 aromatic rings. The minimum absolute atomic E-state index is 0.0508. The van der Waals surface area contributed by atoms with Crippen molar-refractivity contribution in [2.24, 2.45) is 5.73 Å². The summed E-state index contributed by atoms with van der Waals surface area (Å²) in [6.07, 6.45) is 2.99. The molecule has 5 nitrogen and oxygen atoms in total. The fourth-order valence-corrected chi connectivity index (χ4v) is 2.19. The molecule has 1 amide bonds. The second kappa shape index (κ2) is 8.76. The van der Waals surface area contributed by atoms with Gasteiger partial charge in [-0.3, -0.25) is 9.59 Å². The maximum Gasteiger partial charge on any atom is 0.244 e. The molecule has 2 rings (SSSR count). The monoisotopic (exact) mass is 324 g/mol. The molecule has 0 bridgehead atoms. The minimum Gasteiger partial charge on any atom is -0.388 e. The van der Waals surface area contributed by atoms with E-state index < -0.39 is 24.3 Å². The van der Waals surface area contributed by atoms with Crippen molar-refractivity contribution < 1.29 is 14.7 Å². The molecule has 0 aliphatic rings. The van der Waals surface area contributed by atoms with E-state index in [1.54, 1.807) is 6.08 Å². The molecular formula is C19H20N2O3. The smallest absolute Gasteiger partial charge is 0.244 e. The Morgan fingerprint density at radius 3 is 2.25 bits per heavy atom.